The van der Waals surface area contributed by atoms with Crippen LogP contribution in [0.3, 0.4) is 0 Å². The third kappa shape index (κ3) is 3.00. The Morgan fingerprint density at radius 3 is 2.80 bits per heavy atom. The second-order valence-corrected chi connectivity index (χ2v) is 4.49. The third-order valence-corrected chi connectivity index (χ3v) is 3.33. The van der Waals surface area contributed by atoms with Gasteiger partial charge >= 0.3 is 5.69 Å². The van der Waals surface area contributed by atoms with Crippen molar-refractivity contribution in [3.63, 3.8) is 0 Å². The van der Waals surface area contributed by atoms with Gasteiger partial charge in [0.15, 0.2) is 5.75 Å². The molecule has 1 atom stereocenters. The van der Waals surface area contributed by atoms with Crippen LogP contribution < -0.4 is 5.73 Å². The van der Waals surface area contributed by atoms with Gasteiger partial charge in [-0.3, -0.25) is 14.9 Å². The van der Waals surface area contributed by atoms with Crippen LogP contribution in [0.2, 0.25) is 0 Å². The number of benzene rings is 1. The van der Waals surface area contributed by atoms with E-state index in [9.17, 15) is 20.0 Å². The Kier molecular flexibility index (Phi) is 5.29. The van der Waals surface area contributed by atoms with Crippen molar-refractivity contribution in [3.05, 3.63) is 33.9 Å². The van der Waals surface area contributed by atoms with E-state index in [1.807, 2.05) is 0 Å². The van der Waals surface area contributed by atoms with Crippen LogP contribution in [0.15, 0.2) is 18.2 Å². The van der Waals surface area contributed by atoms with Crippen LogP contribution in [0, 0.1) is 10.1 Å². The van der Waals surface area contributed by atoms with Crippen LogP contribution in [-0.2, 0) is 0 Å². The highest BCUT2D eigenvalue weighted by Crippen LogP contribution is 2.28. The molecule has 8 heteroatoms. The monoisotopic (exact) mass is 301 g/mol. The molecule has 1 aromatic carbocycles. The number of carbonyl (C=O) groups excluding carboxylic acids is 1. The van der Waals surface area contributed by atoms with Gasteiger partial charge in [-0.15, -0.1) is 12.4 Å². The number of amides is 1. The summed E-state index contributed by atoms with van der Waals surface area (Å²) < 4.78 is 0. The molecule has 2 rings (SSSR count). The Morgan fingerprint density at radius 2 is 2.25 bits per heavy atom. The maximum atomic E-state index is 12.2. The summed E-state index contributed by atoms with van der Waals surface area (Å²) in [4.78, 5) is 23.8. The second kappa shape index (κ2) is 6.53. The van der Waals surface area contributed by atoms with Gasteiger partial charge in [0, 0.05) is 30.8 Å². The van der Waals surface area contributed by atoms with E-state index in [0.29, 0.717) is 13.1 Å². The fourth-order valence-corrected chi connectivity index (χ4v) is 2.32. The van der Waals surface area contributed by atoms with Crippen molar-refractivity contribution in [2.45, 2.75) is 18.9 Å². The van der Waals surface area contributed by atoms with E-state index in [2.05, 4.69) is 0 Å². The highest BCUT2D eigenvalue weighted by atomic mass is 35.5. The number of nitro groups is 1. The number of rotatable bonds is 3. The number of nitrogens with zero attached hydrogens (tertiary/aromatic N) is 2. The molecular weight excluding hydrogens is 286 g/mol. The number of phenolic OH excluding ortho intramolecular Hbond substituents is 1. The molecule has 1 saturated heterocycles. The van der Waals surface area contributed by atoms with Gasteiger partial charge in [-0.25, -0.2) is 0 Å². The fraction of sp³-hybridized carbons (Fsp3) is 0.417. The highest BCUT2D eigenvalue weighted by Gasteiger charge is 2.29. The van der Waals surface area contributed by atoms with Gasteiger partial charge in [0.1, 0.15) is 0 Å². The van der Waals surface area contributed by atoms with Gasteiger partial charge in [0.25, 0.3) is 5.91 Å². The second-order valence-electron chi connectivity index (χ2n) is 4.49. The molecule has 0 saturated carbocycles. The molecule has 1 aliphatic rings. The van der Waals surface area contributed by atoms with Gasteiger partial charge in [0.05, 0.1) is 4.92 Å². The smallest absolute Gasteiger partial charge is 0.310 e. The van der Waals surface area contributed by atoms with Crippen molar-refractivity contribution in [1.29, 1.82) is 0 Å². The quantitative estimate of drug-likeness (QED) is 0.645. The van der Waals surface area contributed by atoms with Crippen molar-refractivity contribution in [2.75, 3.05) is 13.1 Å². The van der Waals surface area contributed by atoms with E-state index in [0.717, 1.165) is 25.0 Å². The molecule has 110 valence electrons. The van der Waals surface area contributed by atoms with E-state index < -0.39 is 16.4 Å². The first-order chi connectivity index (χ1) is 9.04. The molecule has 1 fully saturated rings. The lowest BCUT2D eigenvalue weighted by Gasteiger charge is -2.23. The molecule has 0 aliphatic carbocycles. The Balaban J connectivity index is 0.00000200. The predicted molar refractivity (Wildman–Crippen MR) is 75.1 cm³/mol. The number of carbonyl (C=O) groups is 1. The summed E-state index contributed by atoms with van der Waals surface area (Å²) in [5, 5.41) is 20.1. The minimum atomic E-state index is -0.692. The third-order valence-electron chi connectivity index (χ3n) is 3.33. The van der Waals surface area contributed by atoms with E-state index >= 15 is 0 Å². The lowest BCUT2D eigenvalue weighted by molar-refractivity contribution is -0.385. The summed E-state index contributed by atoms with van der Waals surface area (Å²) in [6, 6.07) is 3.62. The Bertz CT molecular complexity index is 523. The molecule has 1 amide bonds. The molecule has 0 radical (unpaired) electrons. The van der Waals surface area contributed by atoms with E-state index in [1.54, 1.807) is 4.90 Å². The fourth-order valence-electron chi connectivity index (χ4n) is 2.32. The average Bonchev–Trinajstić information content (AvgIpc) is 2.85. The van der Waals surface area contributed by atoms with Crippen LogP contribution in [0.5, 0.6) is 5.75 Å². The number of hydrogen-bond acceptors (Lipinski definition) is 5. The zero-order valence-corrected chi connectivity index (χ0v) is 11.5. The van der Waals surface area contributed by atoms with Crippen LogP contribution >= 0.6 is 12.4 Å². The highest BCUT2D eigenvalue weighted by molar-refractivity contribution is 5.95. The SMILES string of the molecule is Cl.NCC1CCCN1C(=O)c1ccc([N+](=O)[O-])c(O)c1. The largest absolute Gasteiger partial charge is 0.502 e. The molecular formula is C12H16ClN3O4. The number of halogens is 1. The molecule has 0 aromatic heterocycles. The van der Waals surface area contributed by atoms with E-state index in [-0.39, 0.29) is 29.9 Å². The number of nitro benzene ring substituents is 1. The number of hydrogen-bond donors (Lipinski definition) is 2. The molecule has 1 heterocycles. The topological polar surface area (TPSA) is 110 Å². The normalized spacial score (nSPS) is 17.6. The summed E-state index contributed by atoms with van der Waals surface area (Å²) >= 11 is 0. The number of nitrogens with two attached hydrogens (primary N) is 1. The minimum Gasteiger partial charge on any atom is -0.502 e. The lowest BCUT2D eigenvalue weighted by atomic mass is 10.1. The zero-order valence-electron chi connectivity index (χ0n) is 10.7. The summed E-state index contributed by atoms with van der Waals surface area (Å²) in [5.74, 6) is -0.752. The summed E-state index contributed by atoms with van der Waals surface area (Å²) in [7, 11) is 0. The summed E-state index contributed by atoms with van der Waals surface area (Å²) in [6.45, 7) is 1.02. The first-order valence-electron chi connectivity index (χ1n) is 6.03. The maximum Gasteiger partial charge on any atom is 0.310 e. The van der Waals surface area contributed by atoms with Crippen molar-refractivity contribution in [1.82, 2.24) is 4.90 Å². The van der Waals surface area contributed by atoms with Crippen molar-refractivity contribution < 1.29 is 14.8 Å². The van der Waals surface area contributed by atoms with Gasteiger partial charge in [-0.1, -0.05) is 0 Å². The van der Waals surface area contributed by atoms with Crippen LogP contribution in [-0.4, -0.2) is 40.0 Å². The lowest BCUT2D eigenvalue weighted by Crippen LogP contribution is -2.39. The average molecular weight is 302 g/mol. The molecule has 1 aliphatic heterocycles. The van der Waals surface area contributed by atoms with Crippen LogP contribution in [0.4, 0.5) is 5.69 Å². The summed E-state index contributed by atoms with van der Waals surface area (Å²) in [5.41, 5.74) is 5.43. The summed E-state index contributed by atoms with van der Waals surface area (Å²) in [6.07, 6.45) is 1.76. The molecule has 1 unspecified atom stereocenters. The first-order valence-corrected chi connectivity index (χ1v) is 6.03. The number of phenols is 1. The zero-order chi connectivity index (χ0) is 14.0. The maximum absolute atomic E-state index is 12.2. The van der Waals surface area contributed by atoms with Gasteiger partial charge < -0.3 is 15.7 Å². The standard InChI is InChI=1S/C12H15N3O4.ClH/c13-7-9-2-1-5-14(9)12(17)8-3-4-10(15(18)19)11(16)6-8;/h3-4,6,9,16H,1-2,5,7,13H2;1H. The van der Waals surface area contributed by atoms with E-state index in [1.165, 1.54) is 6.07 Å². The van der Waals surface area contributed by atoms with Gasteiger partial charge in [-0.05, 0) is 25.0 Å². The molecule has 7 nitrogen and oxygen atoms in total. The van der Waals surface area contributed by atoms with Crippen LogP contribution in [0.1, 0.15) is 23.2 Å². The number of aromatic hydroxyl groups is 1. The minimum absolute atomic E-state index is 0. The Labute approximate surface area is 121 Å². The first kappa shape index (κ1) is 16.2. The van der Waals surface area contributed by atoms with Gasteiger partial charge in [-0.2, -0.15) is 0 Å². The predicted octanol–water partition coefficient (Wildman–Crippen LogP) is 1.29. The van der Waals surface area contributed by atoms with E-state index in [4.69, 9.17) is 5.73 Å². The molecule has 3 N–H and O–H groups in total. The Hall–Kier alpha value is -1.86. The number of likely N-dealkylation sites (tertiary alicyclic amines) is 1. The van der Waals surface area contributed by atoms with Crippen molar-refractivity contribution >= 4 is 24.0 Å². The van der Waals surface area contributed by atoms with Crippen LogP contribution in [0.25, 0.3) is 0 Å². The van der Waals surface area contributed by atoms with Gasteiger partial charge in [0.2, 0.25) is 0 Å². The molecule has 0 bridgehead atoms. The van der Waals surface area contributed by atoms with Crippen molar-refractivity contribution in [3.8, 4) is 5.75 Å². The molecule has 0 spiro atoms. The molecule has 1 aromatic rings. The Morgan fingerprint density at radius 1 is 1.55 bits per heavy atom. The molecule has 20 heavy (non-hydrogen) atoms. The van der Waals surface area contributed by atoms with Crippen molar-refractivity contribution in [2.24, 2.45) is 5.73 Å².